The maximum absolute atomic E-state index is 5.97. The number of unbranched alkanes of at least 4 members (excludes halogenated alkanes) is 4. The molecule has 2 heteroatoms. The van der Waals surface area contributed by atoms with Gasteiger partial charge >= 0.3 is 0 Å². The van der Waals surface area contributed by atoms with E-state index < -0.39 is 0 Å². The van der Waals surface area contributed by atoms with Crippen LogP contribution in [0, 0.1) is 0 Å². The SMILES string of the molecule is CCCCCCC[SiH]1CCC(c2ccc(Cl)cc2)CC1. The lowest BCUT2D eigenvalue weighted by molar-refractivity contribution is 0.600. The third-order valence-electron chi connectivity index (χ3n) is 4.90. The second kappa shape index (κ2) is 8.89. The van der Waals surface area contributed by atoms with Crippen molar-refractivity contribution in [3.63, 3.8) is 0 Å². The van der Waals surface area contributed by atoms with Crippen LogP contribution in [0.3, 0.4) is 0 Å². The summed E-state index contributed by atoms with van der Waals surface area (Å²) in [5, 5.41) is 0.865. The highest BCUT2D eigenvalue weighted by molar-refractivity contribution is 6.59. The molecule has 1 aliphatic heterocycles. The predicted octanol–water partition coefficient (Wildman–Crippen LogP) is 6.41. The van der Waals surface area contributed by atoms with E-state index in [4.69, 9.17) is 11.6 Å². The molecule has 2 rings (SSSR count). The Bertz CT molecular complexity index is 366. The van der Waals surface area contributed by atoms with Gasteiger partial charge in [-0.1, -0.05) is 80.9 Å². The predicted molar refractivity (Wildman–Crippen MR) is 93.8 cm³/mol. The highest BCUT2D eigenvalue weighted by atomic mass is 35.5. The van der Waals surface area contributed by atoms with Crippen LogP contribution in [0.25, 0.3) is 0 Å². The van der Waals surface area contributed by atoms with Crippen LogP contribution in [0.4, 0.5) is 0 Å². The smallest absolute Gasteiger partial charge is 0.0406 e. The molecule has 1 aromatic carbocycles. The van der Waals surface area contributed by atoms with E-state index in [0.717, 1.165) is 10.9 Å². The van der Waals surface area contributed by atoms with E-state index in [1.807, 2.05) is 12.1 Å². The first kappa shape index (κ1) is 16.1. The molecule has 112 valence electrons. The molecule has 0 N–H and O–H groups in total. The van der Waals surface area contributed by atoms with E-state index in [-0.39, 0.29) is 8.80 Å². The summed E-state index contributed by atoms with van der Waals surface area (Å²) in [6.45, 7) is 2.30. The monoisotopic (exact) mass is 308 g/mol. The van der Waals surface area contributed by atoms with Crippen molar-refractivity contribution in [2.24, 2.45) is 0 Å². The summed E-state index contributed by atoms with van der Waals surface area (Å²) < 4.78 is 0. The van der Waals surface area contributed by atoms with Crippen LogP contribution < -0.4 is 0 Å². The topological polar surface area (TPSA) is 0 Å². The highest BCUT2D eigenvalue weighted by Gasteiger charge is 2.22. The molecule has 0 saturated carbocycles. The summed E-state index contributed by atoms with van der Waals surface area (Å²) in [5.41, 5.74) is 1.52. The molecule has 0 bridgehead atoms. The van der Waals surface area contributed by atoms with Crippen LogP contribution >= 0.6 is 11.6 Å². The molecule has 1 fully saturated rings. The van der Waals surface area contributed by atoms with Gasteiger partial charge in [0.1, 0.15) is 0 Å². The Morgan fingerprint density at radius 2 is 1.65 bits per heavy atom. The molecule has 0 unspecified atom stereocenters. The molecule has 0 aliphatic carbocycles. The Labute approximate surface area is 131 Å². The van der Waals surface area contributed by atoms with Gasteiger partial charge in [-0.15, -0.1) is 0 Å². The fourth-order valence-electron chi connectivity index (χ4n) is 3.56. The Morgan fingerprint density at radius 3 is 2.30 bits per heavy atom. The van der Waals surface area contributed by atoms with E-state index in [0.29, 0.717) is 0 Å². The first-order chi connectivity index (χ1) is 9.79. The van der Waals surface area contributed by atoms with Crippen LogP contribution in [0.5, 0.6) is 0 Å². The summed E-state index contributed by atoms with van der Waals surface area (Å²) in [6, 6.07) is 13.3. The van der Waals surface area contributed by atoms with Gasteiger partial charge in [0.2, 0.25) is 0 Å². The second-order valence-electron chi connectivity index (χ2n) is 6.47. The zero-order chi connectivity index (χ0) is 14.2. The zero-order valence-corrected chi connectivity index (χ0v) is 14.8. The minimum absolute atomic E-state index is 0.376. The lowest BCUT2D eigenvalue weighted by Gasteiger charge is -2.28. The summed E-state index contributed by atoms with van der Waals surface area (Å²) in [6.07, 6.45) is 10.1. The Morgan fingerprint density at radius 1 is 1.00 bits per heavy atom. The largest absolute Gasteiger partial charge is 0.0843 e. The number of benzene rings is 1. The third-order valence-corrected chi connectivity index (χ3v) is 8.68. The number of halogens is 1. The van der Waals surface area contributed by atoms with Crippen LogP contribution in [0.2, 0.25) is 23.2 Å². The molecule has 1 saturated heterocycles. The molecule has 0 amide bonds. The average Bonchev–Trinajstić information content (AvgIpc) is 2.49. The maximum Gasteiger partial charge on any atom is 0.0406 e. The van der Waals surface area contributed by atoms with Gasteiger partial charge < -0.3 is 0 Å². The molecular formula is C18H29ClSi. The summed E-state index contributed by atoms with van der Waals surface area (Å²) in [7, 11) is -0.376. The lowest BCUT2D eigenvalue weighted by Crippen LogP contribution is -2.20. The van der Waals surface area contributed by atoms with Gasteiger partial charge in [-0.3, -0.25) is 0 Å². The van der Waals surface area contributed by atoms with Crippen LogP contribution in [0.1, 0.15) is 63.4 Å². The van der Waals surface area contributed by atoms with Gasteiger partial charge in [0.15, 0.2) is 0 Å². The van der Waals surface area contributed by atoms with Crippen molar-refractivity contribution < 1.29 is 0 Å². The number of hydrogen-bond acceptors (Lipinski definition) is 0. The Kier molecular flexibility index (Phi) is 7.16. The van der Waals surface area contributed by atoms with Gasteiger partial charge in [0, 0.05) is 13.8 Å². The molecule has 1 aromatic rings. The van der Waals surface area contributed by atoms with Crippen molar-refractivity contribution in [2.45, 2.75) is 75.9 Å². The van der Waals surface area contributed by atoms with Crippen molar-refractivity contribution in [1.29, 1.82) is 0 Å². The van der Waals surface area contributed by atoms with Crippen molar-refractivity contribution in [3.8, 4) is 0 Å². The maximum atomic E-state index is 5.97. The molecule has 0 spiro atoms. The summed E-state index contributed by atoms with van der Waals surface area (Å²) in [5.74, 6) is 0.816. The molecule has 0 atom stereocenters. The molecule has 0 aromatic heterocycles. The third kappa shape index (κ3) is 5.25. The minimum atomic E-state index is -0.376. The Hall–Kier alpha value is -0.273. The van der Waals surface area contributed by atoms with E-state index >= 15 is 0 Å². The van der Waals surface area contributed by atoms with Crippen LogP contribution in [-0.4, -0.2) is 8.80 Å². The molecule has 0 radical (unpaired) electrons. The first-order valence-electron chi connectivity index (χ1n) is 8.55. The van der Waals surface area contributed by atoms with Gasteiger partial charge in [0.25, 0.3) is 0 Å². The van der Waals surface area contributed by atoms with Gasteiger partial charge in [-0.2, -0.15) is 0 Å². The summed E-state index contributed by atoms with van der Waals surface area (Å²) in [4.78, 5) is 0. The average molecular weight is 309 g/mol. The van der Waals surface area contributed by atoms with E-state index in [2.05, 4.69) is 19.1 Å². The van der Waals surface area contributed by atoms with Crippen molar-refractivity contribution in [3.05, 3.63) is 34.9 Å². The fourth-order valence-corrected chi connectivity index (χ4v) is 7.16. The Balaban J connectivity index is 1.66. The molecule has 1 heterocycles. The highest BCUT2D eigenvalue weighted by Crippen LogP contribution is 2.35. The van der Waals surface area contributed by atoms with E-state index in [1.165, 1.54) is 50.5 Å². The molecule has 0 nitrogen and oxygen atoms in total. The lowest BCUT2D eigenvalue weighted by atomic mass is 9.94. The second-order valence-corrected chi connectivity index (χ2v) is 10.4. The summed E-state index contributed by atoms with van der Waals surface area (Å²) >= 11 is 5.97. The minimum Gasteiger partial charge on any atom is -0.0843 e. The zero-order valence-electron chi connectivity index (χ0n) is 12.9. The standard InChI is InChI=1S/C18H29ClSi/c1-2-3-4-5-6-13-20-14-11-17(12-15-20)16-7-9-18(19)10-8-16/h7-10,17,20H,2-6,11-15H2,1H3. The quantitative estimate of drug-likeness (QED) is 0.403. The normalized spacial score (nSPS) is 22.9. The van der Waals surface area contributed by atoms with Crippen LogP contribution in [0.15, 0.2) is 24.3 Å². The van der Waals surface area contributed by atoms with E-state index in [1.54, 1.807) is 18.1 Å². The van der Waals surface area contributed by atoms with Gasteiger partial charge in [0.05, 0.1) is 0 Å². The van der Waals surface area contributed by atoms with Crippen molar-refractivity contribution in [1.82, 2.24) is 0 Å². The molecular weight excluding hydrogens is 280 g/mol. The fraction of sp³-hybridized carbons (Fsp3) is 0.667. The molecule has 1 aliphatic rings. The number of hydrogen-bond donors (Lipinski definition) is 0. The van der Waals surface area contributed by atoms with Crippen LogP contribution in [-0.2, 0) is 0 Å². The van der Waals surface area contributed by atoms with Crippen molar-refractivity contribution in [2.75, 3.05) is 0 Å². The van der Waals surface area contributed by atoms with Gasteiger partial charge in [-0.25, -0.2) is 0 Å². The first-order valence-corrected chi connectivity index (χ1v) is 11.4. The molecule has 20 heavy (non-hydrogen) atoms. The van der Waals surface area contributed by atoms with Gasteiger partial charge in [-0.05, 0) is 36.5 Å². The van der Waals surface area contributed by atoms with Crippen molar-refractivity contribution >= 4 is 20.4 Å². The van der Waals surface area contributed by atoms with E-state index in [9.17, 15) is 0 Å². The number of rotatable bonds is 7.